The van der Waals surface area contributed by atoms with Gasteiger partial charge in [0.25, 0.3) is 5.56 Å². The van der Waals surface area contributed by atoms with E-state index in [0.717, 1.165) is 16.8 Å². The fraction of sp³-hybridized carbons (Fsp3) is 0.200. The van der Waals surface area contributed by atoms with Crippen molar-refractivity contribution < 1.29 is 4.79 Å². The first-order valence-corrected chi connectivity index (χ1v) is 11.4. The largest absolute Gasteiger partial charge is 0.312 e. The van der Waals surface area contributed by atoms with Crippen LogP contribution in [-0.4, -0.2) is 32.7 Å². The number of anilines is 1. The van der Waals surface area contributed by atoms with E-state index in [2.05, 4.69) is 4.98 Å². The SMILES string of the molecule is CCN(C(=O)CSc1nc2ccccc2c(=O)n1-c1cc(C)ccn1)c1ccccc1C. The number of nitrogens with zero attached hydrogens (tertiary/aromatic N) is 4. The summed E-state index contributed by atoms with van der Waals surface area (Å²) in [5.41, 5.74) is 3.32. The molecule has 0 unspecified atom stereocenters. The molecule has 6 nitrogen and oxygen atoms in total. The summed E-state index contributed by atoms with van der Waals surface area (Å²) in [5, 5.41) is 0.961. The molecule has 0 atom stereocenters. The number of rotatable bonds is 6. The summed E-state index contributed by atoms with van der Waals surface area (Å²) in [6.07, 6.45) is 1.67. The van der Waals surface area contributed by atoms with Crippen LogP contribution >= 0.6 is 11.8 Å². The number of carbonyl (C=O) groups excluding carboxylic acids is 1. The lowest BCUT2D eigenvalue weighted by Gasteiger charge is -2.23. The average Bonchev–Trinajstić information content (AvgIpc) is 2.79. The molecule has 2 aromatic heterocycles. The zero-order chi connectivity index (χ0) is 22.7. The molecule has 0 saturated carbocycles. The highest BCUT2D eigenvalue weighted by molar-refractivity contribution is 7.99. The van der Waals surface area contributed by atoms with Crippen molar-refractivity contribution in [2.75, 3.05) is 17.2 Å². The van der Waals surface area contributed by atoms with E-state index >= 15 is 0 Å². The number of fused-ring (bicyclic) bond motifs is 1. The first kappa shape index (κ1) is 21.8. The fourth-order valence-electron chi connectivity index (χ4n) is 3.61. The second-order valence-corrected chi connectivity index (χ2v) is 8.40. The molecule has 2 heterocycles. The van der Waals surface area contributed by atoms with Gasteiger partial charge in [-0.1, -0.05) is 42.1 Å². The molecule has 4 rings (SSSR count). The summed E-state index contributed by atoms with van der Waals surface area (Å²) >= 11 is 1.25. The van der Waals surface area contributed by atoms with E-state index < -0.39 is 0 Å². The number of thioether (sulfide) groups is 1. The van der Waals surface area contributed by atoms with Crippen molar-refractivity contribution in [2.24, 2.45) is 0 Å². The van der Waals surface area contributed by atoms with Crippen LogP contribution in [0.4, 0.5) is 5.69 Å². The number of pyridine rings is 1. The van der Waals surface area contributed by atoms with E-state index in [9.17, 15) is 9.59 Å². The Morgan fingerprint density at radius 2 is 1.81 bits per heavy atom. The molecule has 4 aromatic rings. The van der Waals surface area contributed by atoms with E-state index in [4.69, 9.17) is 4.98 Å². The molecule has 0 aliphatic carbocycles. The van der Waals surface area contributed by atoms with Crippen LogP contribution in [0.5, 0.6) is 0 Å². The van der Waals surface area contributed by atoms with Gasteiger partial charge in [0.2, 0.25) is 5.91 Å². The molecule has 0 radical (unpaired) electrons. The molecule has 0 spiro atoms. The third-order valence-corrected chi connectivity index (χ3v) is 6.15. The Morgan fingerprint density at radius 1 is 1.06 bits per heavy atom. The number of hydrogen-bond donors (Lipinski definition) is 0. The fourth-order valence-corrected chi connectivity index (χ4v) is 4.48. The molecule has 0 fully saturated rings. The van der Waals surface area contributed by atoms with E-state index in [1.807, 2.05) is 75.4 Å². The van der Waals surface area contributed by atoms with Crippen molar-refractivity contribution in [1.82, 2.24) is 14.5 Å². The van der Waals surface area contributed by atoms with Gasteiger partial charge in [-0.05, 0) is 62.2 Å². The molecule has 7 heteroatoms. The van der Waals surface area contributed by atoms with Crippen molar-refractivity contribution in [1.29, 1.82) is 0 Å². The van der Waals surface area contributed by atoms with E-state index in [1.54, 1.807) is 17.2 Å². The molecular weight excluding hydrogens is 420 g/mol. The summed E-state index contributed by atoms with van der Waals surface area (Å²) in [5.74, 6) is 0.603. The topological polar surface area (TPSA) is 68.1 Å². The zero-order valence-electron chi connectivity index (χ0n) is 18.3. The maximum Gasteiger partial charge on any atom is 0.267 e. The molecular formula is C25H24N4O2S. The molecule has 0 aliphatic heterocycles. The number of carbonyl (C=O) groups is 1. The van der Waals surface area contributed by atoms with Crippen LogP contribution in [0, 0.1) is 13.8 Å². The Labute approximate surface area is 190 Å². The molecule has 162 valence electrons. The number of amides is 1. The Hall–Kier alpha value is -3.45. The molecule has 2 aromatic carbocycles. The highest BCUT2D eigenvalue weighted by Gasteiger charge is 2.19. The van der Waals surface area contributed by atoms with Gasteiger partial charge in [0.05, 0.1) is 16.7 Å². The van der Waals surface area contributed by atoms with E-state index in [0.29, 0.717) is 28.4 Å². The number of aryl methyl sites for hydroxylation is 2. The maximum absolute atomic E-state index is 13.3. The predicted octanol–water partition coefficient (Wildman–Crippen LogP) is 4.54. The third-order valence-electron chi connectivity index (χ3n) is 5.22. The van der Waals surface area contributed by atoms with Crippen LogP contribution in [0.1, 0.15) is 18.1 Å². The summed E-state index contributed by atoms with van der Waals surface area (Å²) in [7, 11) is 0. The van der Waals surface area contributed by atoms with Gasteiger partial charge in [0, 0.05) is 18.4 Å². The summed E-state index contributed by atoms with van der Waals surface area (Å²) in [6.45, 7) is 6.45. The minimum Gasteiger partial charge on any atom is -0.312 e. The number of hydrogen-bond acceptors (Lipinski definition) is 5. The van der Waals surface area contributed by atoms with Gasteiger partial charge in [0.15, 0.2) is 5.16 Å². The first-order valence-electron chi connectivity index (χ1n) is 10.4. The van der Waals surface area contributed by atoms with Crippen molar-refractivity contribution in [3.63, 3.8) is 0 Å². The maximum atomic E-state index is 13.3. The molecule has 0 saturated heterocycles. The van der Waals surface area contributed by atoms with Crippen molar-refractivity contribution >= 4 is 34.3 Å². The standard InChI is InChI=1S/C25H24N4O2S/c1-4-28(21-12-8-5-9-18(21)3)23(30)16-32-25-27-20-11-7-6-10-19(20)24(31)29(25)22-15-17(2)13-14-26-22/h5-15H,4,16H2,1-3H3. The normalized spacial score (nSPS) is 11.0. The summed E-state index contributed by atoms with van der Waals surface area (Å²) in [4.78, 5) is 37.3. The summed E-state index contributed by atoms with van der Waals surface area (Å²) < 4.78 is 1.50. The number of aromatic nitrogens is 3. The van der Waals surface area contributed by atoms with Crippen LogP contribution in [-0.2, 0) is 4.79 Å². The number of benzene rings is 2. The van der Waals surface area contributed by atoms with Crippen molar-refractivity contribution in [3.8, 4) is 5.82 Å². The smallest absolute Gasteiger partial charge is 0.267 e. The molecule has 1 amide bonds. The van der Waals surface area contributed by atoms with E-state index in [-0.39, 0.29) is 17.2 Å². The van der Waals surface area contributed by atoms with Crippen molar-refractivity contribution in [3.05, 3.63) is 88.3 Å². The van der Waals surface area contributed by atoms with Gasteiger partial charge in [0.1, 0.15) is 5.82 Å². The van der Waals surface area contributed by atoms with E-state index in [1.165, 1.54) is 16.3 Å². The zero-order valence-corrected chi connectivity index (χ0v) is 19.1. The summed E-state index contributed by atoms with van der Waals surface area (Å²) in [6, 6.07) is 18.8. The first-order chi connectivity index (χ1) is 15.5. The Kier molecular flexibility index (Phi) is 6.37. The molecule has 0 aliphatic rings. The highest BCUT2D eigenvalue weighted by Crippen LogP contribution is 2.24. The highest BCUT2D eigenvalue weighted by atomic mass is 32.2. The minimum atomic E-state index is -0.199. The second kappa shape index (κ2) is 9.36. The molecule has 32 heavy (non-hydrogen) atoms. The lowest BCUT2D eigenvalue weighted by molar-refractivity contribution is -0.116. The molecule has 0 bridgehead atoms. The Bertz CT molecular complexity index is 1350. The van der Waals surface area contributed by atoms with Gasteiger partial charge >= 0.3 is 0 Å². The average molecular weight is 445 g/mol. The minimum absolute atomic E-state index is 0.0436. The predicted molar refractivity (Wildman–Crippen MR) is 130 cm³/mol. The van der Waals surface area contributed by atoms with Gasteiger partial charge in [-0.25, -0.2) is 14.5 Å². The number of para-hydroxylation sites is 2. The second-order valence-electron chi connectivity index (χ2n) is 7.46. The van der Waals surface area contributed by atoms with Gasteiger partial charge < -0.3 is 4.90 Å². The van der Waals surface area contributed by atoms with Gasteiger partial charge in [-0.3, -0.25) is 9.59 Å². The Balaban J connectivity index is 1.72. The molecule has 0 N–H and O–H groups in total. The van der Waals surface area contributed by atoms with Gasteiger partial charge in [-0.15, -0.1) is 0 Å². The van der Waals surface area contributed by atoms with Crippen LogP contribution in [0.2, 0.25) is 0 Å². The van der Waals surface area contributed by atoms with Crippen LogP contribution in [0.15, 0.2) is 76.8 Å². The van der Waals surface area contributed by atoms with Crippen LogP contribution in [0.3, 0.4) is 0 Å². The van der Waals surface area contributed by atoms with Crippen LogP contribution in [0.25, 0.3) is 16.7 Å². The van der Waals surface area contributed by atoms with Gasteiger partial charge in [-0.2, -0.15) is 0 Å². The lowest BCUT2D eigenvalue weighted by atomic mass is 10.2. The lowest BCUT2D eigenvalue weighted by Crippen LogP contribution is -2.33. The van der Waals surface area contributed by atoms with Crippen molar-refractivity contribution in [2.45, 2.75) is 25.9 Å². The monoisotopic (exact) mass is 444 g/mol. The third kappa shape index (κ3) is 4.29. The quantitative estimate of drug-likeness (QED) is 0.323. The van der Waals surface area contributed by atoms with Crippen LogP contribution < -0.4 is 10.5 Å². The Morgan fingerprint density at radius 3 is 2.56 bits per heavy atom.